The summed E-state index contributed by atoms with van der Waals surface area (Å²) in [5.74, 6) is -0.429. The highest BCUT2D eigenvalue weighted by Gasteiger charge is 2.30. The molecule has 0 aliphatic rings. The van der Waals surface area contributed by atoms with E-state index in [4.69, 9.17) is 10.5 Å². The lowest BCUT2D eigenvalue weighted by Gasteiger charge is -2.08. The van der Waals surface area contributed by atoms with Crippen LogP contribution < -0.4 is 15.8 Å². The third-order valence-corrected chi connectivity index (χ3v) is 3.97. The van der Waals surface area contributed by atoms with Crippen molar-refractivity contribution in [2.24, 2.45) is 5.73 Å². The standard InChI is InChI=1S/C19H17F3N4O2/c1-28-16-11-26(15-7-3-5-13(9-15)19(20,21)22)25-17(16)18(27)24-14-6-2-4-12(8-14)10-23/h2-9,11H,10,23H2,1H3,(H,24,27). The number of methoxy groups -OCH3 is 1. The smallest absolute Gasteiger partial charge is 0.416 e. The van der Waals surface area contributed by atoms with Gasteiger partial charge in [-0.2, -0.15) is 18.3 Å². The third kappa shape index (κ3) is 4.15. The molecule has 0 saturated heterocycles. The van der Waals surface area contributed by atoms with E-state index in [9.17, 15) is 18.0 Å². The molecule has 1 aromatic heterocycles. The molecule has 0 saturated carbocycles. The molecule has 146 valence electrons. The van der Waals surface area contributed by atoms with Crippen molar-refractivity contribution in [3.05, 3.63) is 71.5 Å². The molecule has 0 bridgehead atoms. The van der Waals surface area contributed by atoms with E-state index >= 15 is 0 Å². The lowest BCUT2D eigenvalue weighted by Crippen LogP contribution is -2.14. The number of amides is 1. The zero-order chi connectivity index (χ0) is 20.3. The highest BCUT2D eigenvalue weighted by Crippen LogP contribution is 2.31. The van der Waals surface area contributed by atoms with E-state index < -0.39 is 17.6 Å². The second-order valence-corrected chi connectivity index (χ2v) is 5.90. The summed E-state index contributed by atoms with van der Waals surface area (Å²) in [6.07, 6.45) is -3.14. The normalized spacial score (nSPS) is 11.3. The summed E-state index contributed by atoms with van der Waals surface area (Å²) in [6.45, 7) is 0.317. The summed E-state index contributed by atoms with van der Waals surface area (Å²) in [7, 11) is 1.35. The van der Waals surface area contributed by atoms with E-state index in [1.807, 2.05) is 6.07 Å². The summed E-state index contributed by atoms with van der Waals surface area (Å²) in [5.41, 5.74) is 6.22. The molecule has 0 radical (unpaired) electrons. The first kappa shape index (κ1) is 19.4. The molecule has 3 N–H and O–H groups in total. The molecule has 1 amide bonds. The maximum Gasteiger partial charge on any atom is 0.416 e. The van der Waals surface area contributed by atoms with Crippen LogP contribution in [-0.2, 0) is 12.7 Å². The van der Waals surface area contributed by atoms with Gasteiger partial charge >= 0.3 is 6.18 Å². The summed E-state index contributed by atoms with van der Waals surface area (Å²) in [5, 5.41) is 6.78. The van der Waals surface area contributed by atoms with Crippen LogP contribution in [0.3, 0.4) is 0 Å². The van der Waals surface area contributed by atoms with Crippen molar-refractivity contribution in [2.45, 2.75) is 12.7 Å². The van der Waals surface area contributed by atoms with E-state index in [0.29, 0.717) is 12.2 Å². The van der Waals surface area contributed by atoms with Crippen molar-refractivity contribution < 1.29 is 22.7 Å². The Balaban J connectivity index is 1.91. The van der Waals surface area contributed by atoms with Crippen LogP contribution in [0.1, 0.15) is 21.6 Å². The van der Waals surface area contributed by atoms with Crippen molar-refractivity contribution >= 4 is 11.6 Å². The van der Waals surface area contributed by atoms with Crippen LogP contribution in [0, 0.1) is 0 Å². The number of rotatable bonds is 5. The first-order valence-corrected chi connectivity index (χ1v) is 8.23. The summed E-state index contributed by atoms with van der Waals surface area (Å²) >= 11 is 0. The number of aromatic nitrogens is 2. The van der Waals surface area contributed by atoms with E-state index in [-0.39, 0.29) is 17.1 Å². The minimum atomic E-state index is -4.48. The molecule has 28 heavy (non-hydrogen) atoms. The van der Waals surface area contributed by atoms with Crippen molar-refractivity contribution in [3.63, 3.8) is 0 Å². The largest absolute Gasteiger partial charge is 0.493 e. The topological polar surface area (TPSA) is 82.2 Å². The van der Waals surface area contributed by atoms with Gasteiger partial charge in [0.2, 0.25) is 0 Å². The van der Waals surface area contributed by atoms with Gasteiger partial charge in [-0.3, -0.25) is 4.79 Å². The lowest BCUT2D eigenvalue weighted by molar-refractivity contribution is -0.137. The number of ether oxygens (including phenoxy) is 1. The molecule has 0 atom stereocenters. The Kier molecular flexibility index (Phi) is 5.36. The number of nitrogens with zero attached hydrogens (tertiary/aromatic N) is 2. The van der Waals surface area contributed by atoms with Crippen LogP contribution in [0.5, 0.6) is 5.75 Å². The van der Waals surface area contributed by atoms with Crippen molar-refractivity contribution in [3.8, 4) is 11.4 Å². The first-order chi connectivity index (χ1) is 13.3. The lowest BCUT2D eigenvalue weighted by atomic mass is 10.2. The van der Waals surface area contributed by atoms with Crippen LogP contribution in [0.4, 0.5) is 18.9 Å². The molecule has 0 aliphatic heterocycles. The molecule has 0 aliphatic carbocycles. The maximum atomic E-state index is 12.9. The van der Waals surface area contributed by atoms with Crippen LogP contribution >= 0.6 is 0 Å². The number of nitrogens with two attached hydrogens (primary N) is 1. The Morgan fingerprint density at radius 2 is 1.96 bits per heavy atom. The summed E-state index contributed by atoms with van der Waals surface area (Å²) in [6, 6.07) is 11.6. The molecule has 1 heterocycles. The van der Waals surface area contributed by atoms with Gasteiger partial charge < -0.3 is 15.8 Å². The maximum absolute atomic E-state index is 12.9. The number of benzene rings is 2. The zero-order valence-electron chi connectivity index (χ0n) is 14.8. The van der Waals surface area contributed by atoms with Gasteiger partial charge in [0.05, 0.1) is 24.6 Å². The minimum absolute atomic E-state index is 0.0573. The highest BCUT2D eigenvalue weighted by molar-refractivity contribution is 6.04. The number of carbonyl (C=O) groups excluding carboxylic acids is 1. The molecular formula is C19H17F3N4O2. The predicted octanol–water partition coefficient (Wildman–Crippen LogP) is 3.61. The van der Waals surface area contributed by atoms with Gasteiger partial charge in [-0.1, -0.05) is 18.2 Å². The number of halogens is 3. The Morgan fingerprint density at radius 3 is 2.64 bits per heavy atom. The van der Waals surface area contributed by atoms with Crippen LogP contribution in [0.15, 0.2) is 54.7 Å². The molecule has 2 aromatic carbocycles. The number of hydrogen-bond acceptors (Lipinski definition) is 4. The SMILES string of the molecule is COc1cn(-c2cccc(C(F)(F)F)c2)nc1C(=O)Nc1cccc(CN)c1. The zero-order valence-corrected chi connectivity index (χ0v) is 14.8. The van der Waals surface area contributed by atoms with Gasteiger partial charge in [-0.15, -0.1) is 0 Å². The quantitative estimate of drug-likeness (QED) is 0.697. The Bertz CT molecular complexity index is 999. The van der Waals surface area contributed by atoms with Crippen LogP contribution in [-0.4, -0.2) is 22.8 Å². The Hall–Kier alpha value is -3.33. The molecule has 0 spiro atoms. The molecule has 0 fully saturated rings. The average Bonchev–Trinajstić information content (AvgIpc) is 3.12. The minimum Gasteiger partial charge on any atom is -0.493 e. The number of hydrogen-bond donors (Lipinski definition) is 2. The van der Waals surface area contributed by atoms with Gasteiger partial charge in [0.15, 0.2) is 11.4 Å². The second kappa shape index (κ2) is 7.73. The number of alkyl halides is 3. The fourth-order valence-electron chi connectivity index (χ4n) is 2.59. The fourth-order valence-corrected chi connectivity index (χ4v) is 2.59. The Morgan fingerprint density at radius 1 is 1.21 bits per heavy atom. The van der Waals surface area contributed by atoms with E-state index in [1.54, 1.807) is 18.2 Å². The monoisotopic (exact) mass is 390 g/mol. The van der Waals surface area contributed by atoms with Gasteiger partial charge in [-0.25, -0.2) is 4.68 Å². The third-order valence-electron chi connectivity index (χ3n) is 3.97. The van der Waals surface area contributed by atoms with E-state index in [0.717, 1.165) is 17.7 Å². The molecule has 6 nitrogen and oxygen atoms in total. The predicted molar refractivity (Wildman–Crippen MR) is 97.4 cm³/mol. The Labute approximate surface area is 158 Å². The van der Waals surface area contributed by atoms with Crippen LogP contribution in [0.25, 0.3) is 5.69 Å². The average molecular weight is 390 g/mol. The molecule has 3 rings (SSSR count). The van der Waals surface area contributed by atoms with Crippen molar-refractivity contribution in [2.75, 3.05) is 12.4 Å². The van der Waals surface area contributed by atoms with Crippen molar-refractivity contribution in [1.29, 1.82) is 0 Å². The summed E-state index contributed by atoms with van der Waals surface area (Å²) < 4.78 is 45.1. The molecule has 9 heteroatoms. The highest BCUT2D eigenvalue weighted by atomic mass is 19.4. The van der Waals surface area contributed by atoms with Gasteiger partial charge in [0.25, 0.3) is 5.91 Å². The number of anilines is 1. The summed E-state index contributed by atoms with van der Waals surface area (Å²) in [4.78, 5) is 12.6. The second-order valence-electron chi connectivity index (χ2n) is 5.90. The van der Waals surface area contributed by atoms with Gasteiger partial charge in [0.1, 0.15) is 0 Å². The fraction of sp³-hybridized carbons (Fsp3) is 0.158. The number of carbonyl (C=O) groups is 1. The van der Waals surface area contributed by atoms with E-state index in [2.05, 4.69) is 10.4 Å². The molecule has 0 unspecified atom stereocenters. The van der Waals surface area contributed by atoms with Crippen LogP contribution in [0.2, 0.25) is 0 Å². The van der Waals surface area contributed by atoms with E-state index in [1.165, 1.54) is 30.1 Å². The first-order valence-electron chi connectivity index (χ1n) is 8.23. The van der Waals surface area contributed by atoms with Crippen molar-refractivity contribution in [1.82, 2.24) is 9.78 Å². The molecule has 3 aromatic rings. The van der Waals surface area contributed by atoms with Gasteiger partial charge in [0, 0.05) is 12.2 Å². The number of nitrogens with one attached hydrogen (secondary N) is 1. The van der Waals surface area contributed by atoms with Gasteiger partial charge in [-0.05, 0) is 35.9 Å². The molecular weight excluding hydrogens is 373 g/mol.